The summed E-state index contributed by atoms with van der Waals surface area (Å²) in [5.74, 6) is -0.673. The van der Waals surface area contributed by atoms with E-state index in [2.05, 4.69) is 36.5 Å². The molecule has 2 heterocycles. The monoisotopic (exact) mass is 328 g/mol. The topological polar surface area (TPSA) is 49.4 Å². The van der Waals surface area contributed by atoms with Crippen LogP contribution in [-0.4, -0.2) is 29.8 Å². The number of thiophene rings is 1. The first kappa shape index (κ1) is 15.7. The average molecular weight is 328 g/mol. The molecular weight excluding hydrogens is 308 g/mol. The third-order valence-corrected chi connectivity index (χ3v) is 4.99. The van der Waals surface area contributed by atoms with E-state index >= 15 is 0 Å². The van der Waals surface area contributed by atoms with Gasteiger partial charge in [-0.25, -0.2) is 0 Å². The molecule has 1 fully saturated rings. The van der Waals surface area contributed by atoms with Crippen LogP contribution in [-0.2, 0) is 16.0 Å². The van der Waals surface area contributed by atoms with Gasteiger partial charge in [0.05, 0.1) is 5.69 Å². The van der Waals surface area contributed by atoms with Crippen molar-refractivity contribution in [1.29, 1.82) is 0 Å². The van der Waals surface area contributed by atoms with Crippen molar-refractivity contribution >= 4 is 28.8 Å². The molecule has 0 bridgehead atoms. The number of likely N-dealkylation sites (tertiary alicyclic amines) is 1. The van der Waals surface area contributed by atoms with Crippen molar-refractivity contribution in [3.63, 3.8) is 0 Å². The van der Waals surface area contributed by atoms with E-state index in [9.17, 15) is 9.59 Å². The molecule has 1 atom stereocenters. The van der Waals surface area contributed by atoms with Gasteiger partial charge in [-0.3, -0.25) is 9.59 Å². The lowest BCUT2D eigenvalue weighted by Gasteiger charge is -2.16. The maximum atomic E-state index is 12.3. The Labute approximate surface area is 140 Å². The molecule has 2 aromatic rings. The number of carbonyl (C=O) groups excluding carboxylic acids is 2. The van der Waals surface area contributed by atoms with Gasteiger partial charge in [0.15, 0.2) is 0 Å². The summed E-state index contributed by atoms with van der Waals surface area (Å²) in [5.41, 5.74) is 3.24. The summed E-state index contributed by atoms with van der Waals surface area (Å²) in [6, 6.07) is 10.4. The zero-order valence-corrected chi connectivity index (χ0v) is 13.9. The standard InChI is InChI=1S/C18H20N2O2S/c1-2-13-3-5-14(6-4-13)15-7-9-20(11-15)18(22)17(21)19-16-8-10-23-12-16/h3-6,8,10,12,15H,2,7,9,11H2,1H3,(H,19,21). The van der Waals surface area contributed by atoms with E-state index in [4.69, 9.17) is 0 Å². The molecule has 1 saturated heterocycles. The second-order valence-corrected chi connectivity index (χ2v) is 6.58. The predicted octanol–water partition coefficient (Wildman–Crippen LogP) is 3.27. The Bertz CT molecular complexity index is 680. The van der Waals surface area contributed by atoms with Gasteiger partial charge in [-0.1, -0.05) is 31.2 Å². The van der Waals surface area contributed by atoms with E-state index in [0.717, 1.165) is 12.8 Å². The lowest BCUT2D eigenvalue weighted by Crippen LogP contribution is -2.38. The van der Waals surface area contributed by atoms with E-state index in [0.29, 0.717) is 24.7 Å². The van der Waals surface area contributed by atoms with Crippen LogP contribution in [0.4, 0.5) is 5.69 Å². The van der Waals surface area contributed by atoms with Gasteiger partial charge in [-0.05, 0) is 35.4 Å². The molecule has 1 aliphatic rings. The molecule has 0 saturated carbocycles. The number of nitrogens with zero attached hydrogens (tertiary/aromatic N) is 1. The first-order chi connectivity index (χ1) is 11.2. The van der Waals surface area contributed by atoms with Gasteiger partial charge in [0.2, 0.25) is 0 Å². The maximum absolute atomic E-state index is 12.3. The lowest BCUT2D eigenvalue weighted by molar-refractivity contribution is -0.142. The summed E-state index contributed by atoms with van der Waals surface area (Å²) in [6.07, 6.45) is 1.93. The normalized spacial score (nSPS) is 17.3. The fraction of sp³-hybridized carbons (Fsp3) is 0.333. The van der Waals surface area contributed by atoms with Crippen LogP contribution < -0.4 is 5.32 Å². The molecule has 1 aromatic carbocycles. The van der Waals surface area contributed by atoms with Crippen LogP contribution in [0.5, 0.6) is 0 Å². The van der Waals surface area contributed by atoms with E-state index < -0.39 is 11.8 Å². The van der Waals surface area contributed by atoms with Crippen molar-refractivity contribution in [2.24, 2.45) is 0 Å². The molecule has 120 valence electrons. The molecule has 2 amide bonds. The molecule has 4 nitrogen and oxygen atoms in total. The maximum Gasteiger partial charge on any atom is 0.313 e. The number of carbonyl (C=O) groups is 2. The van der Waals surface area contributed by atoms with Gasteiger partial charge in [-0.15, -0.1) is 0 Å². The summed E-state index contributed by atoms with van der Waals surface area (Å²) in [5, 5.41) is 6.33. The molecule has 1 aromatic heterocycles. The number of benzene rings is 1. The zero-order chi connectivity index (χ0) is 16.2. The van der Waals surface area contributed by atoms with Crippen molar-refractivity contribution in [3.05, 3.63) is 52.2 Å². The van der Waals surface area contributed by atoms with Crippen molar-refractivity contribution in [1.82, 2.24) is 4.90 Å². The fourth-order valence-corrected chi connectivity index (χ4v) is 3.49. The fourth-order valence-electron chi connectivity index (χ4n) is 2.91. The summed E-state index contributed by atoms with van der Waals surface area (Å²) >= 11 is 1.49. The highest BCUT2D eigenvalue weighted by atomic mass is 32.1. The molecule has 23 heavy (non-hydrogen) atoms. The molecule has 0 spiro atoms. The third kappa shape index (κ3) is 3.62. The average Bonchev–Trinajstić information content (AvgIpc) is 3.26. The first-order valence-corrected chi connectivity index (χ1v) is 8.83. The minimum Gasteiger partial charge on any atom is -0.334 e. The van der Waals surface area contributed by atoms with Gasteiger partial charge < -0.3 is 10.2 Å². The highest BCUT2D eigenvalue weighted by molar-refractivity contribution is 7.08. The number of nitrogens with one attached hydrogen (secondary N) is 1. The number of rotatable bonds is 3. The van der Waals surface area contributed by atoms with Crippen LogP contribution >= 0.6 is 11.3 Å². The van der Waals surface area contributed by atoms with Gasteiger partial charge in [0, 0.05) is 24.4 Å². The zero-order valence-electron chi connectivity index (χ0n) is 13.1. The Balaban J connectivity index is 1.59. The molecular formula is C18H20N2O2S. The van der Waals surface area contributed by atoms with Gasteiger partial charge in [0.25, 0.3) is 0 Å². The summed E-state index contributed by atoms with van der Waals surface area (Å²) in [6.45, 7) is 3.38. The van der Waals surface area contributed by atoms with Crippen molar-refractivity contribution in [3.8, 4) is 0 Å². The Hall–Kier alpha value is -2.14. The molecule has 3 rings (SSSR count). The Morgan fingerprint density at radius 1 is 1.26 bits per heavy atom. The number of hydrogen-bond donors (Lipinski definition) is 1. The third-order valence-electron chi connectivity index (χ3n) is 4.31. The van der Waals surface area contributed by atoms with Crippen LogP contribution in [0.2, 0.25) is 0 Å². The summed E-state index contributed by atoms with van der Waals surface area (Å²) in [4.78, 5) is 25.9. The van der Waals surface area contributed by atoms with Crippen LogP contribution in [0, 0.1) is 0 Å². The molecule has 1 N–H and O–H groups in total. The number of anilines is 1. The number of aryl methyl sites for hydroxylation is 1. The smallest absolute Gasteiger partial charge is 0.313 e. The Kier molecular flexibility index (Phi) is 4.76. The minimum absolute atomic E-state index is 0.318. The molecule has 5 heteroatoms. The lowest BCUT2D eigenvalue weighted by atomic mass is 9.97. The van der Waals surface area contributed by atoms with Crippen molar-refractivity contribution in [2.75, 3.05) is 18.4 Å². The van der Waals surface area contributed by atoms with E-state index in [1.165, 1.54) is 22.5 Å². The van der Waals surface area contributed by atoms with E-state index in [-0.39, 0.29) is 0 Å². The van der Waals surface area contributed by atoms with Crippen molar-refractivity contribution in [2.45, 2.75) is 25.7 Å². The van der Waals surface area contributed by atoms with E-state index in [1.54, 1.807) is 11.0 Å². The van der Waals surface area contributed by atoms with Crippen LogP contribution in [0.3, 0.4) is 0 Å². The highest BCUT2D eigenvalue weighted by Crippen LogP contribution is 2.27. The van der Waals surface area contributed by atoms with Gasteiger partial charge in [-0.2, -0.15) is 11.3 Å². The van der Waals surface area contributed by atoms with Gasteiger partial charge >= 0.3 is 11.8 Å². The molecule has 1 aliphatic heterocycles. The number of amides is 2. The van der Waals surface area contributed by atoms with E-state index in [1.807, 2.05) is 10.8 Å². The number of hydrogen-bond acceptors (Lipinski definition) is 3. The molecule has 0 radical (unpaired) electrons. The summed E-state index contributed by atoms with van der Waals surface area (Å²) in [7, 11) is 0. The highest BCUT2D eigenvalue weighted by Gasteiger charge is 2.30. The first-order valence-electron chi connectivity index (χ1n) is 7.88. The van der Waals surface area contributed by atoms with Gasteiger partial charge in [0.1, 0.15) is 0 Å². The quantitative estimate of drug-likeness (QED) is 0.879. The molecule has 1 unspecified atom stereocenters. The minimum atomic E-state index is -0.551. The second kappa shape index (κ2) is 6.96. The SMILES string of the molecule is CCc1ccc(C2CCN(C(=O)C(=O)Nc3ccsc3)C2)cc1. The Morgan fingerprint density at radius 2 is 2.04 bits per heavy atom. The summed E-state index contributed by atoms with van der Waals surface area (Å²) < 4.78 is 0. The van der Waals surface area contributed by atoms with Crippen molar-refractivity contribution < 1.29 is 9.59 Å². The van der Waals surface area contributed by atoms with Crippen LogP contribution in [0.25, 0.3) is 0 Å². The molecule has 0 aliphatic carbocycles. The van der Waals surface area contributed by atoms with Crippen LogP contribution in [0.15, 0.2) is 41.1 Å². The largest absolute Gasteiger partial charge is 0.334 e. The predicted molar refractivity (Wildman–Crippen MR) is 92.7 cm³/mol. The Morgan fingerprint density at radius 3 is 2.70 bits per heavy atom. The van der Waals surface area contributed by atoms with Crippen LogP contribution in [0.1, 0.15) is 30.4 Å². The second-order valence-electron chi connectivity index (χ2n) is 5.80.